The van der Waals surface area contributed by atoms with Gasteiger partial charge in [0.15, 0.2) is 0 Å². The van der Waals surface area contributed by atoms with Crippen molar-refractivity contribution in [3.8, 4) is 0 Å². The fourth-order valence-corrected chi connectivity index (χ4v) is 3.19. The number of allylic oxidation sites excluding steroid dienone is 5. The minimum absolute atomic E-state index is 0.271. The van der Waals surface area contributed by atoms with Gasteiger partial charge in [-0.1, -0.05) is 60.1 Å². The molecule has 0 saturated heterocycles. The summed E-state index contributed by atoms with van der Waals surface area (Å²) in [5.74, 6) is -0.271. The van der Waals surface area contributed by atoms with Gasteiger partial charge in [0.05, 0.1) is 0 Å². The van der Waals surface area contributed by atoms with Crippen molar-refractivity contribution < 1.29 is 4.39 Å². The third-order valence-electron chi connectivity index (χ3n) is 3.59. The van der Waals surface area contributed by atoms with Gasteiger partial charge in [0, 0.05) is 25.6 Å². The second-order valence-corrected chi connectivity index (χ2v) is 7.28. The summed E-state index contributed by atoms with van der Waals surface area (Å²) in [6.45, 7) is 5.90. The Morgan fingerprint density at radius 2 is 1.83 bits per heavy atom. The topological polar surface area (TPSA) is 0 Å². The van der Waals surface area contributed by atoms with E-state index in [1.807, 2.05) is 49.4 Å². The lowest BCUT2D eigenvalue weighted by atomic mass is 10.0. The van der Waals surface area contributed by atoms with Crippen molar-refractivity contribution in [2.75, 3.05) is 0 Å². The molecule has 2 aromatic rings. The molecule has 0 aliphatic rings. The van der Waals surface area contributed by atoms with Gasteiger partial charge in [0.2, 0.25) is 0 Å². The summed E-state index contributed by atoms with van der Waals surface area (Å²) in [7, 11) is 0. The zero-order chi connectivity index (χ0) is 17.7. The van der Waals surface area contributed by atoms with Crippen molar-refractivity contribution in [1.29, 1.82) is 0 Å². The van der Waals surface area contributed by atoms with Crippen LogP contribution >= 0.6 is 45.8 Å². The fourth-order valence-electron chi connectivity index (χ4n) is 2.21. The fraction of sp³-hybridized carbons (Fsp3) is 0.100. The Balaban J connectivity index is 2.18. The van der Waals surface area contributed by atoms with Crippen LogP contribution in [0, 0.1) is 9.39 Å². The van der Waals surface area contributed by atoms with E-state index in [-0.39, 0.29) is 5.82 Å². The summed E-state index contributed by atoms with van der Waals surface area (Å²) < 4.78 is 14.9. The number of rotatable bonds is 5. The molecular formula is C20H16Cl2FI. The highest BCUT2D eigenvalue weighted by molar-refractivity contribution is 14.1. The van der Waals surface area contributed by atoms with Crippen LogP contribution in [-0.4, -0.2) is 0 Å². The number of halogens is 4. The number of hydrogen-bond donors (Lipinski definition) is 0. The van der Waals surface area contributed by atoms with Crippen LogP contribution in [0.3, 0.4) is 0 Å². The molecule has 0 amide bonds. The molecule has 0 saturated carbocycles. The molecular weight excluding hydrogens is 457 g/mol. The SMILES string of the molecule is C=C(/C=C\C(=C/C)Cc1c(Cl)cccc1Cl)c1ccc(I)cc1F. The summed E-state index contributed by atoms with van der Waals surface area (Å²) in [4.78, 5) is 0. The molecule has 0 radical (unpaired) electrons. The van der Waals surface area contributed by atoms with Crippen LogP contribution in [-0.2, 0) is 6.42 Å². The summed E-state index contributed by atoms with van der Waals surface area (Å²) in [6, 6.07) is 10.6. The first-order chi connectivity index (χ1) is 11.4. The quantitative estimate of drug-likeness (QED) is 0.312. The maximum atomic E-state index is 14.0. The molecule has 0 fully saturated rings. The van der Waals surface area contributed by atoms with Crippen molar-refractivity contribution in [2.45, 2.75) is 13.3 Å². The molecule has 2 rings (SSSR count). The smallest absolute Gasteiger partial charge is 0.132 e. The van der Waals surface area contributed by atoms with Crippen LogP contribution in [0.25, 0.3) is 5.57 Å². The second kappa shape index (κ2) is 8.84. The summed E-state index contributed by atoms with van der Waals surface area (Å²) in [5.41, 5.74) is 3.02. The minimum atomic E-state index is -0.271. The van der Waals surface area contributed by atoms with E-state index in [2.05, 4.69) is 29.2 Å². The molecule has 0 heterocycles. The van der Waals surface area contributed by atoms with Gasteiger partial charge in [0.1, 0.15) is 5.82 Å². The van der Waals surface area contributed by atoms with E-state index in [1.54, 1.807) is 6.07 Å². The predicted octanol–water partition coefficient (Wildman–Crippen LogP) is 7.50. The van der Waals surface area contributed by atoms with Crippen LogP contribution in [0.4, 0.5) is 4.39 Å². The lowest BCUT2D eigenvalue weighted by molar-refractivity contribution is 0.623. The van der Waals surface area contributed by atoms with Crippen molar-refractivity contribution in [2.24, 2.45) is 0 Å². The molecule has 4 heteroatoms. The summed E-state index contributed by atoms with van der Waals surface area (Å²) >= 11 is 14.5. The van der Waals surface area contributed by atoms with E-state index in [0.717, 1.165) is 14.7 Å². The van der Waals surface area contributed by atoms with Gasteiger partial charge in [-0.2, -0.15) is 0 Å². The lowest BCUT2D eigenvalue weighted by Crippen LogP contribution is -1.92. The van der Waals surface area contributed by atoms with Crippen LogP contribution in [0.2, 0.25) is 10.0 Å². The van der Waals surface area contributed by atoms with Crippen LogP contribution in [0.5, 0.6) is 0 Å². The lowest BCUT2D eigenvalue weighted by Gasteiger charge is -2.08. The largest absolute Gasteiger partial charge is 0.206 e. The summed E-state index contributed by atoms with van der Waals surface area (Å²) in [5, 5.41) is 1.27. The zero-order valence-electron chi connectivity index (χ0n) is 13.1. The molecule has 0 atom stereocenters. The van der Waals surface area contributed by atoms with Gasteiger partial charge < -0.3 is 0 Å². The molecule has 0 aliphatic carbocycles. The highest BCUT2D eigenvalue weighted by Crippen LogP contribution is 2.27. The molecule has 2 aromatic carbocycles. The zero-order valence-corrected chi connectivity index (χ0v) is 16.8. The van der Waals surface area contributed by atoms with Crippen molar-refractivity contribution >= 4 is 51.4 Å². The van der Waals surface area contributed by atoms with E-state index in [9.17, 15) is 4.39 Å². The molecule has 0 aliphatic heterocycles. The van der Waals surface area contributed by atoms with Crippen LogP contribution in [0.15, 0.2) is 66.8 Å². The molecule has 0 N–H and O–H groups in total. The van der Waals surface area contributed by atoms with E-state index < -0.39 is 0 Å². The molecule has 124 valence electrons. The first-order valence-corrected chi connectivity index (χ1v) is 9.16. The standard InChI is InChI=1S/C20H16Cl2FI/c1-3-14(11-17-18(21)5-4-6-19(17)22)8-7-13(2)16-10-9-15(24)12-20(16)23/h3-10,12H,2,11H2,1H3/b8-7-,14-3+. The Morgan fingerprint density at radius 3 is 2.42 bits per heavy atom. The summed E-state index contributed by atoms with van der Waals surface area (Å²) in [6.07, 6.45) is 6.31. The van der Waals surface area contributed by atoms with Crippen molar-refractivity contribution in [3.05, 3.63) is 97.3 Å². The van der Waals surface area contributed by atoms with Crippen molar-refractivity contribution in [3.63, 3.8) is 0 Å². The average molecular weight is 473 g/mol. The van der Waals surface area contributed by atoms with Gasteiger partial charge in [-0.05, 0) is 70.5 Å². The van der Waals surface area contributed by atoms with Crippen LogP contribution < -0.4 is 0 Å². The molecule has 0 spiro atoms. The third-order valence-corrected chi connectivity index (χ3v) is 4.97. The van der Waals surface area contributed by atoms with Crippen LogP contribution in [0.1, 0.15) is 18.1 Å². The van der Waals surface area contributed by atoms with Gasteiger partial charge >= 0.3 is 0 Å². The highest BCUT2D eigenvalue weighted by Gasteiger charge is 2.08. The maximum absolute atomic E-state index is 14.0. The van der Waals surface area contributed by atoms with E-state index >= 15 is 0 Å². The van der Waals surface area contributed by atoms with Gasteiger partial charge in [-0.15, -0.1) is 0 Å². The normalized spacial score (nSPS) is 12.0. The Labute approximate surface area is 165 Å². The van der Waals surface area contributed by atoms with Gasteiger partial charge in [-0.25, -0.2) is 4.39 Å². The highest BCUT2D eigenvalue weighted by atomic mass is 127. The monoisotopic (exact) mass is 472 g/mol. The molecule has 24 heavy (non-hydrogen) atoms. The Kier molecular flexibility index (Phi) is 7.08. The second-order valence-electron chi connectivity index (χ2n) is 5.22. The average Bonchev–Trinajstić information content (AvgIpc) is 2.53. The Hall–Kier alpha value is -1.10. The predicted molar refractivity (Wildman–Crippen MR) is 111 cm³/mol. The van der Waals surface area contributed by atoms with Crippen molar-refractivity contribution in [1.82, 2.24) is 0 Å². The minimum Gasteiger partial charge on any atom is -0.206 e. The molecule has 0 nitrogen and oxygen atoms in total. The molecule has 0 bridgehead atoms. The number of benzene rings is 2. The number of hydrogen-bond acceptors (Lipinski definition) is 0. The third kappa shape index (κ3) is 4.95. The molecule has 0 aromatic heterocycles. The molecule has 0 unspecified atom stereocenters. The van der Waals surface area contributed by atoms with Gasteiger partial charge in [-0.3, -0.25) is 0 Å². The van der Waals surface area contributed by atoms with Gasteiger partial charge in [0.25, 0.3) is 0 Å². The Bertz CT molecular complexity index is 802. The maximum Gasteiger partial charge on any atom is 0.132 e. The van der Waals surface area contributed by atoms with E-state index in [4.69, 9.17) is 23.2 Å². The van der Waals surface area contributed by atoms with E-state index in [1.165, 1.54) is 6.07 Å². The van der Waals surface area contributed by atoms with E-state index in [0.29, 0.717) is 27.6 Å². The first kappa shape index (κ1) is 19.2. The Morgan fingerprint density at radius 1 is 1.17 bits per heavy atom. The first-order valence-electron chi connectivity index (χ1n) is 7.33.